The summed E-state index contributed by atoms with van der Waals surface area (Å²) in [7, 11) is 2.92. The van der Waals surface area contributed by atoms with Crippen molar-refractivity contribution in [1.29, 1.82) is 0 Å². The van der Waals surface area contributed by atoms with Gasteiger partial charge in [-0.3, -0.25) is 0 Å². The average Bonchev–Trinajstić information content (AvgIpc) is 2.79. The molecule has 1 aromatic carbocycles. The summed E-state index contributed by atoms with van der Waals surface area (Å²) >= 11 is 0. The van der Waals surface area contributed by atoms with Crippen LogP contribution in [0, 0.1) is 0 Å². The summed E-state index contributed by atoms with van der Waals surface area (Å²) < 4.78 is 32.3. The molecule has 2 aliphatic heterocycles. The molecule has 0 aliphatic carbocycles. The molecular weight excluding hydrogens is 432 g/mol. The molecule has 10 atom stereocenters. The highest BCUT2D eigenvalue weighted by Gasteiger charge is 2.47. The lowest BCUT2D eigenvalue weighted by molar-refractivity contribution is -0.318. The maximum absolute atomic E-state index is 10.3. The largest absolute Gasteiger partial charge is 0.493 e. The van der Waals surface area contributed by atoms with Crippen molar-refractivity contribution in [3.8, 4) is 17.2 Å². The third-order valence-electron chi connectivity index (χ3n) is 5.51. The molecule has 0 bridgehead atoms. The van der Waals surface area contributed by atoms with E-state index in [1.165, 1.54) is 27.2 Å². The van der Waals surface area contributed by atoms with Crippen LogP contribution in [-0.4, -0.2) is 113 Å². The van der Waals surface area contributed by atoms with Crippen LogP contribution in [0.1, 0.15) is 6.92 Å². The second-order valence-electron chi connectivity index (χ2n) is 7.66. The molecule has 0 saturated carbocycles. The molecule has 0 radical (unpaired) electrons. The van der Waals surface area contributed by atoms with Crippen molar-refractivity contribution < 1.29 is 59.1 Å². The summed E-state index contributed by atoms with van der Waals surface area (Å²) in [6, 6.07) is 4.62. The van der Waals surface area contributed by atoms with Crippen molar-refractivity contribution in [2.75, 3.05) is 20.8 Å². The van der Waals surface area contributed by atoms with Gasteiger partial charge in [-0.05, 0) is 19.1 Å². The molecule has 2 heterocycles. The van der Waals surface area contributed by atoms with Crippen LogP contribution in [-0.2, 0) is 14.2 Å². The predicted octanol–water partition coefficient (Wildman–Crippen LogP) is -2.27. The van der Waals surface area contributed by atoms with E-state index >= 15 is 0 Å². The highest BCUT2D eigenvalue weighted by Crippen LogP contribution is 2.33. The Morgan fingerprint density at radius 3 is 2.03 bits per heavy atom. The van der Waals surface area contributed by atoms with Gasteiger partial charge in [0.25, 0.3) is 0 Å². The van der Waals surface area contributed by atoms with Gasteiger partial charge in [0.15, 0.2) is 17.8 Å². The first-order valence-corrected chi connectivity index (χ1v) is 10.1. The fourth-order valence-corrected chi connectivity index (χ4v) is 3.52. The molecular formula is C20H30O12. The van der Waals surface area contributed by atoms with E-state index in [0.29, 0.717) is 11.5 Å². The molecule has 2 aliphatic rings. The van der Waals surface area contributed by atoms with Gasteiger partial charge >= 0.3 is 0 Å². The molecule has 0 amide bonds. The van der Waals surface area contributed by atoms with E-state index in [1.54, 1.807) is 12.1 Å². The molecule has 32 heavy (non-hydrogen) atoms. The minimum Gasteiger partial charge on any atom is -0.493 e. The molecule has 2 saturated heterocycles. The van der Waals surface area contributed by atoms with Crippen molar-refractivity contribution in [3.63, 3.8) is 0 Å². The first-order chi connectivity index (χ1) is 15.2. The lowest BCUT2D eigenvalue weighted by Crippen LogP contribution is -2.61. The Bertz CT molecular complexity index is 747. The van der Waals surface area contributed by atoms with Crippen LogP contribution < -0.4 is 14.2 Å². The average molecular weight is 462 g/mol. The van der Waals surface area contributed by atoms with E-state index in [2.05, 4.69) is 0 Å². The van der Waals surface area contributed by atoms with E-state index in [0.717, 1.165) is 0 Å². The number of ether oxygens (including phenoxy) is 6. The predicted molar refractivity (Wildman–Crippen MR) is 105 cm³/mol. The fraction of sp³-hybridized carbons (Fsp3) is 0.700. The number of rotatable bonds is 7. The van der Waals surface area contributed by atoms with E-state index in [-0.39, 0.29) is 12.4 Å². The molecule has 12 nitrogen and oxygen atoms in total. The summed E-state index contributed by atoms with van der Waals surface area (Å²) in [5.74, 6) is 1.07. The summed E-state index contributed by atoms with van der Waals surface area (Å²) in [5.41, 5.74) is 0. The van der Waals surface area contributed by atoms with Crippen LogP contribution in [0.5, 0.6) is 17.2 Å². The Labute approximate surface area is 184 Å². The normalized spacial score (nSPS) is 40.0. The van der Waals surface area contributed by atoms with Gasteiger partial charge in [0.05, 0.1) is 26.9 Å². The molecule has 0 spiro atoms. The van der Waals surface area contributed by atoms with Crippen molar-refractivity contribution in [2.45, 2.75) is 68.3 Å². The highest BCUT2D eigenvalue weighted by atomic mass is 16.7. The number of hydrogen-bond donors (Lipinski definition) is 6. The first kappa shape index (κ1) is 24.9. The van der Waals surface area contributed by atoms with E-state index in [4.69, 9.17) is 28.4 Å². The number of hydrogen-bond acceptors (Lipinski definition) is 12. The molecule has 3 rings (SSSR count). The van der Waals surface area contributed by atoms with E-state index < -0.39 is 61.4 Å². The molecule has 1 aromatic rings. The molecule has 0 unspecified atom stereocenters. The SMILES string of the molecule is COc1ccc(O[C@@H]2O[C@H](CO[C@H]3O[C@@H](C)[C@H](O)[C@@H](O)[C@H]3O)[C@@H](O)[C@H](O)[C@H]2O)cc1OC. The maximum Gasteiger partial charge on any atom is 0.229 e. The summed E-state index contributed by atoms with van der Waals surface area (Å²) in [4.78, 5) is 0. The zero-order chi connectivity index (χ0) is 23.6. The topological polar surface area (TPSA) is 177 Å². The smallest absolute Gasteiger partial charge is 0.229 e. The van der Waals surface area contributed by atoms with Gasteiger partial charge in [-0.15, -0.1) is 0 Å². The summed E-state index contributed by atoms with van der Waals surface area (Å²) in [6.45, 7) is 1.11. The van der Waals surface area contributed by atoms with Gasteiger partial charge in [0.1, 0.15) is 48.5 Å². The molecule has 182 valence electrons. The van der Waals surface area contributed by atoms with Crippen molar-refractivity contribution in [2.24, 2.45) is 0 Å². The zero-order valence-electron chi connectivity index (χ0n) is 17.8. The quantitative estimate of drug-likeness (QED) is 0.257. The van der Waals surface area contributed by atoms with Crippen LogP contribution in [0.4, 0.5) is 0 Å². The van der Waals surface area contributed by atoms with Gasteiger partial charge in [0, 0.05) is 6.07 Å². The van der Waals surface area contributed by atoms with Gasteiger partial charge in [-0.2, -0.15) is 0 Å². The molecule has 12 heteroatoms. The maximum atomic E-state index is 10.3. The van der Waals surface area contributed by atoms with E-state index in [1.807, 2.05) is 0 Å². The fourth-order valence-electron chi connectivity index (χ4n) is 3.52. The minimum atomic E-state index is -1.62. The Balaban J connectivity index is 1.66. The second-order valence-corrected chi connectivity index (χ2v) is 7.66. The van der Waals surface area contributed by atoms with E-state index in [9.17, 15) is 30.6 Å². The van der Waals surface area contributed by atoms with Crippen LogP contribution in [0.25, 0.3) is 0 Å². The lowest BCUT2D eigenvalue weighted by Gasteiger charge is -2.42. The van der Waals surface area contributed by atoms with Gasteiger partial charge in [0.2, 0.25) is 6.29 Å². The van der Waals surface area contributed by atoms with Crippen molar-refractivity contribution >= 4 is 0 Å². The molecule has 0 aromatic heterocycles. The van der Waals surface area contributed by atoms with Crippen molar-refractivity contribution in [3.05, 3.63) is 18.2 Å². The Morgan fingerprint density at radius 2 is 1.38 bits per heavy atom. The third kappa shape index (κ3) is 5.09. The van der Waals surface area contributed by atoms with Crippen LogP contribution in [0.3, 0.4) is 0 Å². The Kier molecular flexibility index (Phi) is 8.14. The molecule has 6 N–H and O–H groups in total. The summed E-state index contributed by atoms with van der Waals surface area (Å²) in [5, 5.41) is 60.5. The first-order valence-electron chi connectivity index (χ1n) is 10.1. The Hall–Kier alpha value is -1.74. The number of aliphatic hydroxyl groups is 6. The highest BCUT2D eigenvalue weighted by molar-refractivity contribution is 5.45. The van der Waals surface area contributed by atoms with Gasteiger partial charge in [-0.25, -0.2) is 0 Å². The second kappa shape index (κ2) is 10.5. The minimum absolute atomic E-state index is 0.243. The van der Waals surface area contributed by atoms with Gasteiger partial charge < -0.3 is 59.1 Å². The summed E-state index contributed by atoms with van der Waals surface area (Å²) in [6.07, 6.45) is -13.7. The number of methoxy groups -OCH3 is 2. The monoisotopic (exact) mass is 462 g/mol. The van der Waals surface area contributed by atoms with Crippen LogP contribution in [0.15, 0.2) is 18.2 Å². The standard InChI is InChI=1S/C20H30O12/c1-8-13(21)15(23)17(25)19(30-8)29-7-12-14(22)16(24)18(26)20(32-12)31-9-4-5-10(27-2)11(6-9)28-3/h4-6,8,12-26H,7H2,1-3H3/t8-,12+,13-,14+,15+,16-,17+,18+,19-,20+/m0/s1. The van der Waals surface area contributed by atoms with Crippen LogP contribution >= 0.6 is 0 Å². The number of benzene rings is 1. The number of aliphatic hydroxyl groups excluding tert-OH is 6. The lowest BCUT2D eigenvalue weighted by atomic mass is 9.98. The van der Waals surface area contributed by atoms with Crippen molar-refractivity contribution in [1.82, 2.24) is 0 Å². The third-order valence-corrected chi connectivity index (χ3v) is 5.51. The zero-order valence-corrected chi connectivity index (χ0v) is 17.8. The Morgan fingerprint density at radius 1 is 0.750 bits per heavy atom. The van der Waals surface area contributed by atoms with Crippen LogP contribution in [0.2, 0.25) is 0 Å². The van der Waals surface area contributed by atoms with Gasteiger partial charge in [-0.1, -0.05) is 0 Å². The molecule has 2 fully saturated rings.